The smallest absolute Gasteiger partial charge is 0.351 e. The van der Waals surface area contributed by atoms with Gasteiger partial charge in [-0.15, -0.1) is 0 Å². The number of nitrogens with zero attached hydrogens (tertiary/aromatic N) is 7. The summed E-state index contributed by atoms with van der Waals surface area (Å²) >= 11 is 16.4. The minimum absolute atomic E-state index is 0.00407. The van der Waals surface area contributed by atoms with Crippen molar-refractivity contribution in [2.24, 2.45) is 16.5 Å². The summed E-state index contributed by atoms with van der Waals surface area (Å²) in [6, 6.07) is 0. The quantitative estimate of drug-likeness (QED) is 0.0536. The highest BCUT2D eigenvalue weighted by atomic mass is 32.5. The van der Waals surface area contributed by atoms with Gasteiger partial charge in [-0.3, -0.25) is 37.8 Å². The number of fused-ring (bicyclic) bond motifs is 1. The lowest BCUT2D eigenvalue weighted by molar-refractivity contribution is -0.0535. The van der Waals surface area contributed by atoms with Crippen LogP contribution in [0.15, 0.2) is 53.9 Å². The number of guanidine groups is 1. The van der Waals surface area contributed by atoms with Crippen molar-refractivity contribution < 1.29 is 60.8 Å². The molecule has 0 bridgehead atoms. The van der Waals surface area contributed by atoms with Gasteiger partial charge in [-0.05, 0) is 75.5 Å². The third-order valence-electron chi connectivity index (χ3n) is 13.4. The first-order chi connectivity index (χ1) is 36.8. The van der Waals surface area contributed by atoms with Crippen LogP contribution in [0, 0.1) is 20.8 Å². The number of anilines is 2. The molecule has 0 amide bonds. The highest BCUT2D eigenvalue weighted by Crippen LogP contribution is 2.54. The molecule has 4 unspecified atom stereocenters. The molecule has 0 aliphatic carbocycles. The number of nitrogens with one attached hydrogen (secondary N) is 3. The van der Waals surface area contributed by atoms with E-state index >= 15 is 0 Å². The molecule has 15 atom stereocenters. The Morgan fingerprint density at radius 3 is 1.67 bits per heavy atom. The van der Waals surface area contributed by atoms with Crippen LogP contribution in [0.5, 0.6) is 0 Å². The molecule has 9 heterocycles. The molecular weight excluding hydrogens is 1150 g/mol. The summed E-state index contributed by atoms with van der Waals surface area (Å²) in [5, 5.41) is 2.96. The van der Waals surface area contributed by atoms with Crippen LogP contribution in [0.2, 0.25) is 0 Å². The zero-order chi connectivity index (χ0) is 56.2. The number of aromatic nitrogens is 8. The Morgan fingerprint density at radius 2 is 1.14 bits per heavy atom. The highest BCUT2D eigenvalue weighted by Gasteiger charge is 2.46. The molecule has 5 aliphatic heterocycles. The molecule has 4 fully saturated rings. The topological polar surface area (TPSA) is 418 Å². The normalized spacial score (nSPS) is 30.3. The molecule has 0 saturated carbocycles. The fourth-order valence-electron chi connectivity index (χ4n) is 9.43. The van der Waals surface area contributed by atoms with Crippen molar-refractivity contribution in [1.29, 1.82) is 0 Å². The molecule has 0 aromatic carbocycles. The minimum atomic E-state index is -4.40. The number of aromatic amines is 2. The molecule has 12 N–H and O–H groups in total. The van der Waals surface area contributed by atoms with Gasteiger partial charge in [0.05, 0.1) is 56.7 Å². The predicted molar refractivity (Wildman–Crippen MR) is 285 cm³/mol. The van der Waals surface area contributed by atoms with Gasteiger partial charge in [0, 0.05) is 54.5 Å². The van der Waals surface area contributed by atoms with Gasteiger partial charge in [0.1, 0.15) is 60.6 Å². The van der Waals surface area contributed by atoms with Crippen LogP contribution in [0.25, 0.3) is 0 Å². The third kappa shape index (κ3) is 13.3. The zero-order valence-corrected chi connectivity index (χ0v) is 47.1. The second-order valence-corrected chi connectivity index (χ2v) is 27.3. The second kappa shape index (κ2) is 23.4. The lowest BCUT2D eigenvalue weighted by Gasteiger charge is -2.28. The van der Waals surface area contributed by atoms with Crippen molar-refractivity contribution in [3.8, 4) is 0 Å². The summed E-state index contributed by atoms with van der Waals surface area (Å²) < 4.78 is 65.4. The van der Waals surface area contributed by atoms with E-state index in [1.54, 1.807) is 24.7 Å². The molecule has 5 aliphatic rings. The van der Waals surface area contributed by atoms with Gasteiger partial charge in [0.2, 0.25) is 0 Å². The van der Waals surface area contributed by atoms with Crippen molar-refractivity contribution in [2.75, 3.05) is 30.9 Å². The number of ether oxygens (including phenoxy) is 4. The monoisotopic (exact) mass is 1210 g/mol. The van der Waals surface area contributed by atoms with Crippen LogP contribution in [0.4, 0.5) is 11.6 Å². The molecule has 4 aromatic rings. The van der Waals surface area contributed by atoms with E-state index in [1.807, 2.05) is 0 Å². The first-order valence-corrected chi connectivity index (χ1v) is 32.0. The van der Waals surface area contributed by atoms with Crippen molar-refractivity contribution in [3.63, 3.8) is 0 Å². The van der Waals surface area contributed by atoms with E-state index < -0.39 is 135 Å². The number of rotatable bonds is 20. The molecule has 0 spiro atoms. The number of nitrogen functional groups attached to an aromatic ring is 1. The molecular formula is C41H58N13O18P3S3. The van der Waals surface area contributed by atoms with Gasteiger partial charge < -0.3 is 83.3 Å². The molecule has 4 saturated heterocycles. The summed E-state index contributed by atoms with van der Waals surface area (Å²) in [5.41, 5.74) is 15.8. The number of imidazole rings is 1. The van der Waals surface area contributed by atoms with Crippen molar-refractivity contribution in [2.45, 2.75) is 140 Å². The summed E-state index contributed by atoms with van der Waals surface area (Å²) in [5.74, 6) is 0.646. The van der Waals surface area contributed by atoms with Crippen molar-refractivity contribution >= 4 is 73.2 Å². The Balaban J connectivity index is 0.874. The number of hydrogen-bond acceptors (Lipinski definition) is 25. The predicted octanol–water partition coefficient (Wildman–Crippen LogP) is 0.251. The number of aryl methyl sites for hydroxylation is 3. The molecule has 78 heavy (non-hydrogen) atoms. The van der Waals surface area contributed by atoms with Crippen LogP contribution in [-0.4, -0.2) is 121 Å². The molecule has 31 nitrogen and oxygen atoms in total. The maximum atomic E-state index is 13.1. The number of hydrogen-bond donors (Lipinski definition) is 9. The summed E-state index contributed by atoms with van der Waals surface area (Å²) in [6.07, 6.45) is -4.64. The highest BCUT2D eigenvalue weighted by molar-refractivity contribution is 8.07. The standard InChI is InChI=1S/C41H58N13O18P3S3/c1-5-22-23(8-29(67-22)52-12-19(3)36(55)49-40(52)58)70-74(61,77)64-15-27-25(10-31(69-27)53-13-20(4)37(56)50-41(53)59)72-75(62,78)65-16-26-24(9-30(68-26)51-11-18(2)33(42)47-39(51)57)71-73(60,76)63-14-21-6-7-28(66-21)54-17-45-32-34(43)46-38(44)48-35(32)54/h11-13,17,21-31,34H,5-10,14-16,43H2,1-4H3,(H,60,76)(H,61,77)(H,62,78)(H2,42,47,57)(H3,44,46,48)(H,49,55,58)(H,50,56,59)/t21-,22+,23+,24+,25+,26+,27+,28+,29+,30+,31+,34?,73?,74?,75?/m0/s1. The van der Waals surface area contributed by atoms with Gasteiger partial charge >= 0.3 is 37.2 Å². The van der Waals surface area contributed by atoms with Crippen molar-refractivity contribution in [3.05, 3.63) is 99.5 Å². The minimum Gasteiger partial charge on any atom is -0.383 e. The van der Waals surface area contributed by atoms with E-state index in [4.69, 9.17) is 98.7 Å². The Labute approximate surface area is 457 Å². The number of H-pyrrole nitrogens is 2. The molecule has 4 aromatic heterocycles. The molecule has 428 valence electrons. The van der Waals surface area contributed by atoms with E-state index in [-0.39, 0.29) is 48.8 Å². The number of nitrogens with two attached hydrogens (primary N) is 3. The van der Waals surface area contributed by atoms with Gasteiger partial charge in [0.25, 0.3) is 11.1 Å². The molecule has 37 heteroatoms. The van der Waals surface area contributed by atoms with E-state index in [0.29, 0.717) is 36.3 Å². The Kier molecular flexibility index (Phi) is 17.6. The first kappa shape index (κ1) is 58.6. The Hall–Kier alpha value is -4.09. The number of aliphatic imine (C=N–C) groups is 1. The summed E-state index contributed by atoms with van der Waals surface area (Å²) in [6.45, 7) is -7.64. The summed E-state index contributed by atoms with van der Waals surface area (Å²) in [4.78, 5) is 115. The van der Waals surface area contributed by atoms with Crippen LogP contribution >= 0.6 is 20.2 Å². The molecule has 0 radical (unpaired) electrons. The largest absolute Gasteiger partial charge is 0.383 e. The average molecular weight is 1210 g/mol. The van der Waals surface area contributed by atoms with Crippen LogP contribution in [-0.2, 0) is 81.5 Å². The van der Waals surface area contributed by atoms with E-state index in [0.717, 1.165) is 4.57 Å². The van der Waals surface area contributed by atoms with Crippen LogP contribution in [0.1, 0.15) is 98.9 Å². The second-order valence-electron chi connectivity index (χ2n) is 18.9. The lowest BCUT2D eigenvalue weighted by Crippen LogP contribution is -2.33. The van der Waals surface area contributed by atoms with Crippen LogP contribution in [0.3, 0.4) is 0 Å². The van der Waals surface area contributed by atoms with Gasteiger partial charge in [-0.2, -0.15) is 4.98 Å². The van der Waals surface area contributed by atoms with E-state index in [1.165, 1.54) is 41.6 Å². The van der Waals surface area contributed by atoms with Gasteiger partial charge in [0.15, 0.2) is 5.96 Å². The van der Waals surface area contributed by atoms with Crippen molar-refractivity contribution in [1.82, 2.24) is 38.2 Å². The lowest BCUT2D eigenvalue weighted by atomic mass is 10.1. The van der Waals surface area contributed by atoms with Gasteiger partial charge in [-0.25, -0.2) is 24.4 Å². The first-order valence-electron chi connectivity index (χ1n) is 24.3. The average Bonchev–Trinajstić information content (AvgIpc) is 4.33. The van der Waals surface area contributed by atoms with E-state index in [2.05, 4.69) is 30.2 Å². The van der Waals surface area contributed by atoms with Crippen LogP contribution < -0.4 is 50.7 Å². The maximum Gasteiger partial charge on any atom is 0.351 e. The zero-order valence-electron chi connectivity index (χ0n) is 42.0. The van der Waals surface area contributed by atoms with E-state index in [9.17, 15) is 38.7 Å². The summed E-state index contributed by atoms with van der Waals surface area (Å²) in [7, 11) is 0. The third-order valence-corrected chi connectivity index (χ3v) is 18.2. The maximum absolute atomic E-state index is 13.1. The van der Waals surface area contributed by atoms with Gasteiger partial charge in [-0.1, -0.05) is 6.92 Å². The molecule has 9 rings (SSSR count). The Morgan fingerprint density at radius 1 is 0.667 bits per heavy atom. The fourth-order valence-corrected chi connectivity index (χ4v) is 13.9. The Bertz CT molecular complexity index is 3410. The SMILES string of the molecule is CC[C@H]1O[C@@H](n2cc(C)c(=O)[nH]c2=O)C[C@H]1OP(O)(=S)OC[C@H]1O[C@@H](n2cc(C)c(=O)[nH]c2=O)C[C@H]1OP(O)(=S)OC[C@H]1O[C@@H](n2cc(C)c(N)nc2=O)C[C@H]1OP(O)(=S)OC[C@@H]1CC[C@H](n2cnc3c2NC(N)=NC3N)O1. The fraction of sp³-hybridized carbons (Fsp3) is 0.610.